The molecule has 0 aromatic carbocycles. The van der Waals surface area contributed by atoms with Gasteiger partial charge in [-0.25, -0.2) is 9.78 Å². The summed E-state index contributed by atoms with van der Waals surface area (Å²) in [5.74, 6) is -0.396. The number of imidazole rings is 1. The predicted molar refractivity (Wildman–Crippen MR) is 65.9 cm³/mol. The molecule has 100 valence electrons. The number of carbonyl (C=O) groups excluding carboxylic acids is 2. The van der Waals surface area contributed by atoms with Crippen molar-refractivity contribution in [1.29, 1.82) is 0 Å². The standard InChI is InChI=1S/C11H18N4O3/c1-3-13-8(16)5-6-15-7-14-9(10(15)12)11(17)18-4-2/h7H,3-6,12H2,1-2H3,(H,13,16). The van der Waals surface area contributed by atoms with Gasteiger partial charge >= 0.3 is 5.97 Å². The van der Waals surface area contributed by atoms with E-state index in [0.717, 1.165) is 0 Å². The van der Waals surface area contributed by atoms with Gasteiger partial charge in [0, 0.05) is 19.5 Å². The van der Waals surface area contributed by atoms with E-state index >= 15 is 0 Å². The quantitative estimate of drug-likeness (QED) is 0.705. The first-order chi connectivity index (χ1) is 8.60. The summed E-state index contributed by atoms with van der Waals surface area (Å²) in [6, 6.07) is 0. The van der Waals surface area contributed by atoms with E-state index in [1.165, 1.54) is 6.33 Å². The summed E-state index contributed by atoms with van der Waals surface area (Å²) < 4.78 is 6.37. The van der Waals surface area contributed by atoms with E-state index in [1.54, 1.807) is 11.5 Å². The molecule has 18 heavy (non-hydrogen) atoms. The van der Waals surface area contributed by atoms with Gasteiger partial charge in [-0.15, -0.1) is 0 Å². The van der Waals surface area contributed by atoms with Crippen molar-refractivity contribution in [1.82, 2.24) is 14.9 Å². The number of nitrogens with one attached hydrogen (secondary N) is 1. The van der Waals surface area contributed by atoms with Gasteiger partial charge in [0.15, 0.2) is 5.69 Å². The van der Waals surface area contributed by atoms with E-state index in [0.29, 0.717) is 13.1 Å². The molecule has 1 aromatic rings. The van der Waals surface area contributed by atoms with Gasteiger partial charge in [-0.2, -0.15) is 0 Å². The van der Waals surface area contributed by atoms with Gasteiger partial charge < -0.3 is 20.4 Å². The minimum Gasteiger partial charge on any atom is -0.461 e. The number of ether oxygens (including phenoxy) is 1. The maximum atomic E-state index is 11.5. The molecule has 0 aliphatic heterocycles. The van der Waals surface area contributed by atoms with Crippen molar-refractivity contribution in [3.05, 3.63) is 12.0 Å². The highest BCUT2D eigenvalue weighted by Gasteiger charge is 2.16. The number of aryl methyl sites for hydroxylation is 1. The summed E-state index contributed by atoms with van der Waals surface area (Å²) in [5, 5.41) is 2.68. The van der Waals surface area contributed by atoms with Crippen molar-refractivity contribution in [2.24, 2.45) is 0 Å². The van der Waals surface area contributed by atoms with Crippen LogP contribution in [0.4, 0.5) is 5.82 Å². The number of amides is 1. The molecule has 7 nitrogen and oxygen atoms in total. The fourth-order valence-electron chi connectivity index (χ4n) is 1.43. The third-order valence-electron chi connectivity index (χ3n) is 2.30. The smallest absolute Gasteiger partial charge is 0.360 e. The topological polar surface area (TPSA) is 99.2 Å². The largest absolute Gasteiger partial charge is 0.461 e. The number of esters is 1. The van der Waals surface area contributed by atoms with Crippen molar-refractivity contribution in [2.75, 3.05) is 18.9 Å². The van der Waals surface area contributed by atoms with Crippen LogP contribution in [-0.4, -0.2) is 34.6 Å². The Kier molecular flexibility index (Phi) is 5.16. The summed E-state index contributed by atoms with van der Waals surface area (Å²) in [6.07, 6.45) is 1.72. The van der Waals surface area contributed by atoms with Gasteiger partial charge in [-0.05, 0) is 13.8 Å². The van der Waals surface area contributed by atoms with Crippen LogP contribution in [0.2, 0.25) is 0 Å². The average molecular weight is 254 g/mol. The van der Waals surface area contributed by atoms with Crippen molar-refractivity contribution >= 4 is 17.7 Å². The Balaban J connectivity index is 2.63. The van der Waals surface area contributed by atoms with Crippen molar-refractivity contribution < 1.29 is 14.3 Å². The lowest BCUT2D eigenvalue weighted by Crippen LogP contribution is -2.24. The normalized spacial score (nSPS) is 10.1. The lowest BCUT2D eigenvalue weighted by Gasteiger charge is -2.05. The first kappa shape index (κ1) is 14.0. The van der Waals surface area contributed by atoms with Crippen LogP contribution in [0.3, 0.4) is 0 Å². The molecular formula is C11H18N4O3. The number of nitrogens with two attached hydrogens (primary N) is 1. The molecule has 0 bridgehead atoms. The molecule has 0 fully saturated rings. The number of hydrogen-bond donors (Lipinski definition) is 2. The SMILES string of the molecule is CCNC(=O)CCn1cnc(C(=O)OCC)c1N. The van der Waals surface area contributed by atoms with Gasteiger partial charge in [0.05, 0.1) is 12.9 Å². The lowest BCUT2D eigenvalue weighted by atomic mass is 10.3. The van der Waals surface area contributed by atoms with Crippen LogP contribution >= 0.6 is 0 Å². The predicted octanol–water partition coefficient (Wildman–Crippen LogP) is 0.168. The van der Waals surface area contributed by atoms with E-state index in [4.69, 9.17) is 10.5 Å². The molecule has 0 spiro atoms. The molecule has 7 heteroatoms. The van der Waals surface area contributed by atoms with E-state index in [-0.39, 0.29) is 30.4 Å². The summed E-state index contributed by atoms with van der Waals surface area (Å²) in [5.41, 5.74) is 5.85. The van der Waals surface area contributed by atoms with E-state index in [1.807, 2.05) is 6.92 Å². The molecule has 0 aliphatic rings. The first-order valence-electron chi connectivity index (χ1n) is 5.84. The maximum absolute atomic E-state index is 11.5. The molecule has 0 radical (unpaired) electrons. The van der Waals surface area contributed by atoms with Crippen LogP contribution < -0.4 is 11.1 Å². The van der Waals surface area contributed by atoms with Gasteiger partial charge in [-0.1, -0.05) is 0 Å². The minimum absolute atomic E-state index is 0.0664. The second-order valence-electron chi connectivity index (χ2n) is 3.60. The monoisotopic (exact) mass is 254 g/mol. The molecule has 0 saturated carbocycles. The number of nitrogens with zero attached hydrogens (tertiary/aromatic N) is 2. The van der Waals surface area contributed by atoms with Crippen LogP contribution in [-0.2, 0) is 16.1 Å². The van der Waals surface area contributed by atoms with E-state index < -0.39 is 5.97 Å². The molecule has 0 saturated heterocycles. The highest BCUT2D eigenvalue weighted by Crippen LogP contribution is 2.11. The molecule has 0 atom stereocenters. The fraction of sp³-hybridized carbons (Fsp3) is 0.545. The zero-order valence-electron chi connectivity index (χ0n) is 10.6. The van der Waals surface area contributed by atoms with Gasteiger partial charge in [0.1, 0.15) is 5.82 Å². The van der Waals surface area contributed by atoms with Gasteiger partial charge in [0.25, 0.3) is 0 Å². The van der Waals surface area contributed by atoms with Crippen LogP contribution in [0.1, 0.15) is 30.8 Å². The zero-order valence-corrected chi connectivity index (χ0v) is 10.6. The highest BCUT2D eigenvalue weighted by molar-refractivity contribution is 5.92. The lowest BCUT2D eigenvalue weighted by molar-refractivity contribution is -0.121. The Bertz CT molecular complexity index is 428. The number of hydrogen-bond acceptors (Lipinski definition) is 5. The third-order valence-corrected chi connectivity index (χ3v) is 2.30. The summed E-state index contributed by atoms with van der Waals surface area (Å²) >= 11 is 0. The molecule has 0 aliphatic carbocycles. The Morgan fingerprint density at radius 2 is 2.22 bits per heavy atom. The number of anilines is 1. The van der Waals surface area contributed by atoms with E-state index in [2.05, 4.69) is 10.3 Å². The maximum Gasteiger partial charge on any atom is 0.360 e. The van der Waals surface area contributed by atoms with Crippen molar-refractivity contribution in [2.45, 2.75) is 26.8 Å². The Morgan fingerprint density at radius 3 is 2.83 bits per heavy atom. The summed E-state index contributed by atoms with van der Waals surface area (Å²) in [4.78, 5) is 26.6. The highest BCUT2D eigenvalue weighted by atomic mass is 16.5. The number of nitrogen functional groups attached to an aromatic ring is 1. The molecule has 1 rings (SSSR count). The molecule has 0 unspecified atom stereocenters. The van der Waals surface area contributed by atoms with Crippen LogP contribution in [0.5, 0.6) is 0 Å². The summed E-state index contributed by atoms with van der Waals surface area (Å²) in [7, 11) is 0. The van der Waals surface area contributed by atoms with Gasteiger partial charge in [0.2, 0.25) is 5.91 Å². The molecular weight excluding hydrogens is 236 g/mol. The van der Waals surface area contributed by atoms with Crippen LogP contribution in [0, 0.1) is 0 Å². The number of aromatic nitrogens is 2. The second kappa shape index (κ2) is 6.63. The molecule has 3 N–H and O–H groups in total. The zero-order chi connectivity index (χ0) is 13.5. The van der Waals surface area contributed by atoms with Crippen LogP contribution in [0.25, 0.3) is 0 Å². The average Bonchev–Trinajstić information content (AvgIpc) is 2.69. The second-order valence-corrected chi connectivity index (χ2v) is 3.60. The van der Waals surface area contributed by atoms with E-state index in [9.17, 15) is 9.59 Å². The third kappa shape index (κ3) is 3.47. The molecule has 1 amide bonds. The van der Waals surface area contributed by atoms with Crippen molar-refractivity contribution in [3.8, 4) is 0 Å². The minimum atomic E-state index is -0.549. The number of rotatable bonds is 6. The Morgan fingerprint density at radius 1 is 1.50 bits per heavy atom. The molecule has 1 heterocycles. The Labute approximate surface area is 105 Å². The number of carbonyl (C=O) groups is 2. The van der Waals surface area contributed by atoms with Crippen LogP contribution in [0.15, 0.2) is 6.33 Å². The van der Waals surface area contributed by atoms with Gasteiger partial charge in [-0.3, -0.25) is 4.79 Å². The summed E-state index contributed by atoms with van der Waals surface area (Å²) in [6.45, 7) is 4.79. The van der Waals surface area contributed by atoms with Crippen molar-refractivity contribution in [3.63, 3.8) is 0 Å². The Hall–Kier alpha value is -2.05. The first-order valence-corrected chi connectivity index (χ1v) is 5.84. The molecule has 1 aromatic heterocycles. The fourth-order valence-corrected chi connectivity index (χ4v) is 1.43.